The zero-order valence-corrected chi connectivity index (χ0v) is 11.9. The van der Waals surface area contributed by atoms with Gasteiger partial charge in [0.25, 0.3) is 0 Å². The Morgan fingerprint density at radius 3 is 2.18 bits per heavy atom. The van der Waals surface area contributed by atoms with Gasteiger partial charge in [0.05, 0.1) is 4.75 Å². The van der Waals surface area contributed by atoms with Crippen molar-refractivity contribution in [3.05, 3.63) is 34.9 Å². The molecule has 0 bridgehead atoms. The predicted octanol–water partition coefficient (Wildman–Crippen LogP) is 2.13. The van der Waals surface area contributed by atoms with Gasteiger partial charge in [-0.2, -0.15) is 0 Å². The molecule has 0 heterocycles. The van der Waals surface area contributed by atoms with Gasteiger partial charge in [-0.3, -0.25) is 0 Å². The molecule has 4 heteroatoms. The molecule has 1 rings (SSSR count). The molecular weight excluding hydrogens is 234 g/mol. The molecule has 0 saturated carbocycles. The summed E-state index contributed by atoms with van der Waals surface area (Å²) in [6.45, 7) is 7.31. The molecule has 0 radical (unpaired) electrons. The Kier molecular flexibility index (Phi) is 3.69. The Morgan fingerprint density at radius 1 is 1.24 bits per heavy atom. The number of sulfone groups is 1. The molecule has 1 unspecified atom stereocenters. The molecule has 0 aliphatic rings. The van der Waals surface area contributed by atoms with Crippen LogP contribution in [0.3, 0.4) is 0 Å². The fraction of sp³-hybridized carbons (Fsp3) is 0.538. The minimum atomic E-state index is -3.20. The summed E-state index contributed by atoms with van der Waals surface area (Å²) in [6.07, 6.45) is 1.23. The lowest BCUT2D eigenvalue weighted by atomic mass is 9.92. The molecule has 2 N–H and O–H groups in total. The third-order valence-electron chi connectivity index (χ3n) is 3.46. The average molecular weight is 255 g/mol. The monoisotopic (exact) mass is 255 g/mol. The fourth-order valence-electron chi connectivity index (χ4n) is 1.78. The lowest BCUT2D eigenvalue weighted by Crippen LogP contribution is -2.42. The normalized spacial score (nSPS) is 14.7. The van der Waals surface area contributed by atoms with Crippen molar-refractivity contribution in [3.8, 4) is 0 Å². The molecule has 1 aromatic rings. The van der Waals surface area contributed by atoms with Crippen molar-refractivity contribution in [3.63, 3.8) is 0 Å². The SMILES string of the molecule is Cc1ccc(C(N)C(C)(C)S(C)(=O)=O)c(C)c1. The number of aryl methyl sites for hydroxylation is 2. The van der Waals surface area contributed by atoms with E-state index in [4.69, 9.17) is 5.73 Å². The highest BCUT2D eigenvalue weighted by atomic mass is 32.2. The molecule has 0 aromatic heterocycles. The highest BCUT2D eigenvalue weighted by Gasteiger charge is 2.38. The van der Waals surface area contributed by atoms with Crippen LogP contribution in [0, 0.1) is 13.8 Å². The van der Waals surface area contributed by atoms with Crippen LogP contribution in [0.2, 0.25) is 0 Å². The van der Waals surface area contributed by atoms with Gasteiger partial charge in [0.2, 0.25) is 0 Å². The van der Waals surface area contributed by atoms with E-state index in [-0.39, 0.29) is 0 Å². The van der Waals surface area contributed by atoms with Gasteiger partial charge in [0.15, 0.2) is 9.84 Å². The number of hydrogen-bond acceptors (Lipinski definition) is 3. The van der Waals surface area contributed by atoms with Crippen LogP contribution in [0.1, 0.15) is 36.6 Å². The van der Waals surface area contributed by atoms with Crippen LogP contribution >= 0.6 is 0 Å². The molecule has 96 valence electrons. The third-order valence-corrected chi connectivity index (χ3v) is 5.63. The minimum absolute atomic E-state index is 0.516. The van der Waals surface area contributed by atoms with Gasteiger partial charge in [0, 0.05) is 12.3 Å². The highest BCUT2D eigenvalue weighted by molar-refractivity contribution is 7.92. The summed E-state index contributed by atoms with van der Waals surface area (Å²) in [5.74, 6) is 0. The van der Waals surface area contributed by atoms with E-state index in [1.54, 1.807) is 13.8 Å². The zero-order valence-electron chi connectivity index (χ0n) is 11.1. The quantitative estimate of drug-likeness (QED) is 0.900. The predicted molar refractivity (Wildman–Crippen MR) is 71.8 cm³/mol. The molecule has 0 fully saturated rings. The summed E-state index contributed by atoms with van der Waals surface area (Å²) in [5.41, 5.74) is 9.21. The Hall–Kier alpha value is -0.870. The minimum Gasteiger partial charge on any atom is -0.323 e. The molecule has 0 aliphatic heterocycles. The summed E-state index contributed by atoms with van der Waals surface area (Å²) >= 11 is 0. The number of hydrogen-bond donors (Lipinski definition) is 1. The van der Waals surface area contributed by atoms with Crippen LogP contribution in [-0.4, -0.2) is 19.4 Å². The number of benzene rings is 1. The van der Waals surface area contributed by atoms with Gasteiger partial charge in [-0.05, 0) is 38.8 Å². The molecule has 0 amide bonds. The standard InChI is InChI=1S/C13H21NO2S/c1-9-6-7-11(10(2)8-9)12(14)13(3,4)17(5,15)16/h6-8,12H,14H2,1-5H3. The summed E-state index contributed by atoms with van der Waals surface area (Å²) < 4.78 is 22.6. The Balaban J connectivity index is 3.26. The van der Waals surface area contributed by atoms with Crippen LogP contribution in [-0.2, 0) is 9.84 Å². The van der Waals surface area contributed by atoms with Crippen LogP contribution in [0.15, 0.2) is 18.2 Å². The van der Waals surface area contributed by atoms with Crippen molar-refractivity contribution in [1.82, 2.24) is 0 Å². The first kappa shape index (κ1) is 14.2. The molecular formula is C13H21NO2S. The summed E-state index contributed by atoms with van der Waals surface area (Å²) in [6, 6.07) is 5.38. The van der Waals surface area contributed by atoms with Crippen LogP contribution in [0.25, 0.3) is 0 Å². The Labute approximate surface area is 104 Å². The largest absolute Gasteiger partial charge is 0.323 e. The lowest BCUT2D eigenvalue weighted by Gasteiger charge is -2.31. The highest BCUT2D eigenvalue weighted by Crippen LogP contribution is 2.31. The first-order valence-electron chi connectivity index (χ1n) is 5.59. The van der Waals surface area contributed by atoms with Crippen molar-refractivity contribution in [1.29, 1.82) is 0 Å². The Bertz CT molecular complexity index is 518. The second kappa shape index (κ2) is 4.42. The number of rotatable bonds is 3. The molecule has 3 nitrogen and oxygen atoms in total. The molecule has 0 aliphatic carbocycles. The van der Waals surface area contributed by atoms with Crippen molar-refractivity contribution >= 4 is 9.84 Å². The van der Waals surface area contributed by atoms with E-state index in [1.165, 1.54) is 6.26 Å². The van der Waals surface area contributed by atoms with Crippen molar-refractivity contribution < 1.29 is 8.42 Å². The van der Waals surface area contributed by atoms with E-state index in [1.807, 2.05) is 32.0 Å². The molecule has 0 spiro atoms. The molecule has 0 saturated heterocycles. The van der Waals surface area contributed by atoms with Crippen molar-refractivity contribution in [2.75, 3.05) is 6.26 Å². The summed E-state index contributed by atoms with van der Waals surface area (Å²) in [5, 5.41) is 0. The zero-order chi connectivity index (χ0) is 13.4. The van der Waals surface area contributed by atoms with E-state index in [0.29, 0.717) is 0 Å². The van der Waals surface area contributed by atoms with Crippen LogP contribution < -0.4 is 5.73 Å². The van der Waals surface area contributed by atoms with E-state index < -0.39 is 20.6 Å². The molecule has 1 aromatic carbocycles. The van der Waals surface area contributed by atoms with Crippen LogP contribution in [0.5, 0.6) is 0 Å². The van der Waals surface area contributed by atoms with Crippen LogP contribution in [0.4, 0.5) is 0 Å². The second-order valence-corrected chi connectivity index (χ2v) is 7.81. The smallest absolute Gasteiger partial charge is 0.154 e. The van der Waals surface area contributed by atoms with E-state index in [2.05, 4.69) is 0 Å². The topological polar surface area (TPSA) is 60.2 Å². The first-order valence-corrected chi connectivity index (χ1v) is 7.49. The second-order valence-electron chi connectivity index (χ2n) is 5.21. The van der Waals surface area contributed by atoms with Crippen molar-refractivity contribution in [2.45, 2.75) is 38.5 Å². The van der Waals surface area contributed by atoms with Gasteiger partial charge in [-0.1, -0.05) is 23.8 Å². The maximum atomic E-state index is 11.8. The van der Waals surface area contributed by atoms with E-state index >= 15 is 0 Å². The van der Waals surface area contributed by atoms with Gasteiger partial charge in [0.1, 0.15) is 0 Å². The van der Waals surface area contributed by atoms with Gasteiger partial charge in [-0.15, -0.1) is 0 Å². The lowest BCUT2D eigenvalue weighted by molar-refractivity contribution is 0.495. The van der Waals surface area contributed by atoms with Gasteiger partial charge < -0.3 is 5.73 Å². The van der Waals surface area contributed by atoms with Gasteiger partial charge in [-0.25, -0.2) is 8.42 Å². The maximum absolute atomic E-state index is 11.8. The molecule has 17 heavy (non-hydrogen) atoms. The maximum Gasteiger partial charge on any atom is 0.154 e. The summed E-state index contributed by atoms with van der Waals surface area (Å²) in [4.78, 5) is 0. The average Bonchev–Trinajstić information content (AvgIpc) is 2.14. The molecule has 1 atom stereocenters. The Morgan fingerprint density at radius 2 is 1.76 bits per heavy atom. The number of nitrogens with two attached hydrogens (primary N) is 1. The van der Waals surface area contributed by atoms with Gasteiger partial charge >= 0.3 is 0 Å². The van der Waals surface area contributed by atoms with E-state index in [0.717, 1.165) is 16.7 Å². The fourth-order valence-corrected chi connectivity index (χ4v) is 2.37. The summed E-state index contributed by atoms with van der Waals surface area (Å²) in [7, 11) is -3.20. The van der Waals surface area contributed by atoms with E-state index in [9.17, 15) is 8.42 Å². The third kappa shape index (κ3) is 2.69. The first-order chi connectivity index (χ1) is 7.57. The van der Waals surface area contributed by atoms with Crippen molar-refractivity contribution in [2.24, 2.45) is 5.73 Å².